The van der Waals surface area contributed by atoms with Crippen LogP contribution in [0.5, 0.6) is 0 Å². The van der Waals surface area contributed by atoms with E-state index in [0.29, 0.717) is 11.7 Å². The van der Waals surface area contributed by atoms with Gasteiger partial charge in [0.05, 0.1) is 11.9 Å². The molecule has 3 heteroatoms. The standard InChI is InChI=1S/C12H13N3/c13-8-11-6-7-12(9-14-11)15-10-4-2-1-3-5-10/h1-2,6-7,9-10,15H,3-5H2. The molecule has 1 N–H and O–H groups in total. The zero-order valence-electron chi connectivity index (χ0n) is 8.48. The highest BCUT2D eigenvalue weighted by Gasteiger charge is 2.08. The first-order valence-electron chi connectivity index (χ1n) is 5.16. The fourth-order valence-electron chi connectivity index (χ4n) is 1.71. The van der Waals surface area contributed by atoms with Crippen LogP contribution in [0.3, 0.4) is 0 Å². The Morgan fingerprint density at radius 1 is 1.40 bits per heavy atom. The number of pyridine rings is 1. The molecule has 1 aromatic rings. The molecule has 0 saturated carbocycles. The number of allylic oxidation sites excluding steroid dienone is 1. The van der Waals surface area contributed by atoms with Crippen LogP contribution >= 0.6 is 0 Å². The van der Waals surface area contributed by atoms with Crippen molar-refractivity contribution in [3.05, 3.63) is 36.2 Å². The first-order chi connectivity index (χ1) is 7.38. The molecule has 2 rings (SSSR count). The van der Waals surface area contributed by atoms with Gasteiger partial charge in [-0.05, 0) is 31.4 Å². The highest BCUT2D eigenvalue weighted by atomic mass is 14.9. The van der Waals surface area contributed by atoms with E-state index >= 15 is 0 Å². The highest BCUT2D eigenvalue weighted by Crippen LogP contribution is 2.16. The second-order valence-electron chi connectivity index (χ2n) is 3.67. The summed E-state index contributed by atoms with van der Waals surface area (Å²) in [4.78, 5) is 4.02. The predicted octanol–water partition coefficient (Wildman–Crippen LogP) is 2.47. The number of anilines is 1. The van der Waals surface area contributed by atoms with Crippen LogP contribution in [0.15, 0.2) is 30.5 Å². The Kier molecular flexibility index (Phi) is 2.99. The van der Waals surface area contributed by atoms with Gasteiger partial charge in [0.2, 0.25) is 0 Å². The maximum atomic E-state index is 8.61. The SMILES string of the molecule is N#Cc1ccc(NC2CC=CCC2)cn1. The summed E-state index contributed by atoms with van der Waals surface area (Å²) in [7, 11) is 0. The van der Waals surface area contributed by atoms with E-state index in [9.17, 15) is 0 Å². The lowest BCUT2D eigenvalue weighted by atomic mass is 10.0. The summed E-state index contributed by atoms with van der Waals surface area (Å²) >= 11 is 0. The summed E-state index contributed by atoms with van der Waals surface area (Å²) in [5.41, 5.74) is 1.46. The maximum Gasteiger partial charge on any atom is 0.140 e. The van der Waals surface area contributed by atoms with Crippen molar-refractivity contribution in [2.45, 2.75) is 25.3 Å². The fraction of sp³-hybridized carbons (Fsp3) is 0.333. The van der Waals surface area contributed by atoms with Gasteiger partial charge in [-0.2, -0.15) is 5.26 Å². The molecule has 1 aromatic heterocycles. The van der Waals surface area contributed by atoms with Gasteiger partial charge in [-0.1, -0.05) is 12.2 Å². The van der Waals surface area contributed by atoms with E-state index in [-0.39, 0.29) is 0 Å². The van der Waals surface area contributed by atoms with E-state index < -0.39 is 0 Å². The number of rotatable bonds is 2. The normalized spacial score (nSPS) is 19.5. The van der Waals surface area contributed by atoms with Gasteiger partial charge >= 0.3 is 0 Å². The van der Waals surface area contributed by atoms with Crippen LogP contribution in [-0.2, 0) is 0 Å². The van der Waals surface area contributed by atoms with Gasteiger partial charge in [0.15, 0.2) is 0 Å². The van der Waals surface area contributed by atoms with E-state index in [1.54, 1.807) is 12.3 Å². The Bertz CT molecular complexity index is 386. The summed E-state index contributed by atoms with van der Waals surface area (Å²) in [5.74, 6) is 0. The molecular formula is C12H13N3. The molecule has 0 radical (unpaired) electrons. The molecule has 0 spiro atoms. The molecule has 1 atom stereocenters. The topological polar surface area (TPSA) is 48.7 Å². The molecule has 0 aromatic carbocycles. The number of nitrogens with zero attached hydrogens (tertiary/aromatic N) is 2. The van der Waals surface area contributed by atoms with Crippen LogP contribution in [0, 0.1) is 11.3 Å². The molecule has 0 aliphatic heterocycles. The first-order valence-corrected chi connectivity index (χ1v) is 5.16. The van der Waals surface area contributed by atoms with Crippen molar-refractivity contribution < 1.29 is 0 Å². The van der Waals surface area contributed by atoms with Gasteiger partial charge in [-0.15, -0.1) is 0 Å². The molecule has 1 aliphatic carbocycles. The number of nitrogens with one attached hydrogen (secondary N) is 1. The Morgan fingerprint density at radius 3 is 2.93 bits per heavy atom. The summed E-state index contributed by atoms with van der Waals surface area (Å²) in [5, 5.41) is 12.0. The van der Waals surface area contributed by atoms with Crippen LogP contribution in [0.1, 0.15) is 25.0 Å². The van der Waals surface area contributed by atoms with Gasteiger partial charge in [-0.25, -0.2) is 4.98 Å². The third kappa shape index (κ3) is 2.57. The van der Waals surface area contributed by atoms with E-state index in [1.165, 1.54) is 0 Å². The van der Waals surface area contributed by atoms with Crippen LogP contribution < -0.4 is 5.32 Å². The average molecular weight is 199 g/mol. The van der Waals surface area contributed by atoms with Crippen molar-refractivity contribution in [3.8, 4) is 6.07 Å². The monoisotopic (exact) mass is 199 g/mol. The van der Waals surface area contributed by atoms with Gasteiger partial charge in [-0.3, -0.25) is 0 Å². The van der Waals surface area contributed by atoms with E-state index in [0.717, 1.165) is 24.9 Å². The smallest absolute Gasteiger partial charge is 0.140 e. The molecule has 1 aliphatic rings. The molecule has 3 nitrogen and oxygen atoms in total. The number of nitriles is 1. The molecule has 76 valence electrons. The number of hydrogen-bond acceptors (Lipinski definition) is 3. The Labute approximate surface area is 89.5 Å². The van der Waals surface area contributed by atoms with Gasteiger partial charge in [0.1, 0.15) is 11.8 Å². The van der Waals surface area contributed by atoms with Gasteiger partial charge in [0, 0.05) is 6.04 Å². The minimum absolute atomic E-state index is 0.462. The molecule has 1 unspecified atom stereocenters. The van der Waals surface area contributed by atoms with Crippen LogP contribution in [0.2, 0.25) is 0 Å². The summed E-state index contributed by atoms with van der Waals surface area (Å²) < 4.78 is 0. The minimum atomic E-state index is 0.462. The molecule has 0 saturated heterocycles. The highest BCUT2D eigenvalue weighted by molar-refractivity contribution is 5.43. The van der Waals surface area contributed by atoms with Crippen LogP contribution in [0.4, 0.5) is 5.69 Å². The number of hydrogen-bond donors (Lipinski definition) is 1. The molecule has 1 heterocycles. The maximum absolute atomic E-state index is 8.61. The number of aromatic nitrogens is 1. The van der Waals surface area contributed by atoms with Gasteiger partial charge in [0.25, 0.3) is 0 Å². The average Bonchev–Trinajstić information content (AvgIpc) is 2.31. The minimum Gasteiger partial charge on any atom is -0.381 e. The van der Waals surface area contributed by atoms with E-state index in [1.807, 2.05) is 12.1 Å². The van der Waals surface area contributed by atoms with Crippen molar-refractivity contribution in [2.24, 2.45) is 0 Å². The second-order valence-corrected chi connectivity index (χ2v) is 3.67. The van der Waals surface area contributed by atoms with Crippen LogP contribution in [0.25, 0.3) is 0 Å². The largest absolute Gasteiger partial charge is 0.381 e. The lowest BCUT2D eigenvalue weighted by Crippen LogP contribution is -2.20. The van der Waals surface area contributed by atoms with Crippen molar-refractivity contribution in [1.29, 1.82) is 5.26 Å². The molecule has 0 amide bonds. The summed E-state index contributed by atoms with van der Waals surface area (Å²) in [6.07, 6.45) is 9.52. The fourth-order valence-corrected chi connectivity index (χ4v) is 1.71. The van der Waals surface area contributed by atoms with Crippen molar-refractivity contribution >= 4 is 5.69 Å². The third-order valence-electron chi connectivity index (χ3n) is 2.52. The quantitative estimate of drug-likeness (QED) is 0.744. The van der Waals surface area contributed by atoms with Crippen molar-refractivity contribution in [1.82, 2.24) is 4.98 Å². The molecule has 0 bridgehead atoms. The summed E-state index contributed by atoms with van der Waals surface area (Å²) in [6, 6.07) is 6.16. The molecular weight excluding hydrogens is 186 g/mol. The third-order valence-corrected chi connectivity index (χ3v) is 2.52. The Balaban J connectivity index is 1.98. The molecule has 15 heavy (non-hydrogen) atoms. The zero-order chi connectivity index (χ0) is 10.5. The summed E-state index contributed by atoms with van der Waals surface area (Å²) in [6.45, 7) is 0. The van der Waals surface area contributed by atoms with Crippen molar-refractivity contribution in [3.63, 3.8) is 0 Å². The Hall–Kier alpha value is -1.82. The van der Waals surface area contributed by atoms with Crippen molar-refractivity contribution in [2.75, 3.05) is 5.32 Å². The van der Waals surface area contributed by atoms with E-state index in [4.69, 9.17) is 5.26 Å². The first kappa shape index (κ1) is 9.72. The zero-order valence-corrected chi connectivity index (χ0v) is 8.48. The predicted molar refractivity (Wildman–Crippen MR) is 59.4 cm³/mol. The second kappa shape index (κ2) is 4.61. The van der Waals surface area contributed by atoms with Crippen LogP contribution in [-0.4, -0.2) is 11.0 Å². The Morgan fingerprint density at radius 2 is 2.33 bits per heavy atom. The molecule has 0 fully saturated rings. The van der Waals surface area contributed by atoms with Gasteiger partial charge < -0.3 is 5.32 Å². The van der Waals surface area contributed by atoms with E-state index in [2.05, 4.69) is 22.5 Å². The lowest BCUT2D eigenvalue weighted by molar-refractivity contribution is 0.644. The lowest BCUT2D eigenvalue weighted by Gasteiger charge is -2.20.